The quantitative estimate of drug-likeness (QED) is 0.819. The van der Waals surface area contributed by atoms with Crippen molar-refractivity contribution in [3.8, 4) is 0 Å². The van der Waals surface area contributed by atoms with Crippen molar-refractivity contribution in [3.63, 3.8) is 0 Å². The first-order chi connectivity index (χ1) is 9.08. The molecule has 5 heteroatoms. The normalized spacial score (nSPS) is 9.95. The second-order valence-electron chi connectivity index (χ2n) is 3.82. The van der Waals surface area contributed by atoms with E-state index < -0.39 is 5.97 Å². The second-order valence-corrected chi connectivity index (χ2v) is 4.98. The number of aromatic carboxylic acids is 1. The summed E-state index contributed by atoms with van der Waals surface area (Å²) in [5, 5.41) is 11.5. The first kappa shape index (κ1) is 13.5. The Hall–Kier alpha value is -1.89. The molecule has 0 aliphatic rings. The summed E-state index contributed by atoms with van der Waals surface area (Å²) in [6.07, 6.45) is 0. The number of carbonyl (C=O) groups excluding carboxylic acids is 1. The van der Waals surface area contributed by atoms with Crippen LogP contribution in [0.5, 0.6) is 0 Å². The van der Waals surface area contributed by atoms with Gasteiger partial charge in [-0.1, -0.05) is 12.1 Å². The molecule has 2 N–H and O–H groups in total. The van der Waals surface area contributed by atoms with Crippen molar-refractivity contribution in [2.75, 3.05) is 5.32 Å². The molecule has 4 nitrogen and oxygen atoms in total. The summed E-state index contributed by atoms with van der Waals surface area (Å²) >= 11 is 2.09. The molecule has 0 aliphatic carbocycles. The van der Waals surface area contributed by atoms with Gasteiger partial charge in [0, 0.05) is 9.26 Å². The van der Waals surface area contributed by atoms with Gasteiger partial charge in [0.2, 0.25) is 0 Å². The number of amides is 1. The Morgan fingerprint density at radius 1 is 1.00 bits per heavy atom. The van der Waals surface area contributed by atoms with Crippen molar-refractivity contribution >= 4 is 40.2 Å². The first-order valence-electron chi connectivity index (χ1n) is 5.47. The number of carbonyl (C=O) groups is 2. The van der Waals surface area contributed by atoms with Gasteiger partial charge in [0.15, 0.2) is 0 Å². The lowest BCUT2D eigenvalue weighted by atomic mass is 10.2. The monoisotopic (exact) mass is 367 g/mol. The van der Waals surface area contributed by atoms with Gasteiger partial charge in [-0.15, -0.1) is 0 Å². The average molecular weight is 367 g/mol. The van der Waals surface area contributed by atoms with Crippen LogP contribution < -0.4 is 5.32 Å². The van der Waals surface area contributed by atoms with Gasteiger partial charge < -0.3 is 10.4 Å². The fourth-order valence-corrected chi connectivity index (χ4v) is 2.17. The number of hydrogen-bond acceptors (Lipinski definition) is 2. The number of carboxylic acid groups (broad SMARTS) is 1. The smallest absolute Gasteiger partial charge is 0.335 e. The standard InChI is InChI=1S/C14H10INO3/c15-12-4-2-1-3-11(12)13(17)16-10-7-5-9(6-8-10)14(18)19/h1-8H,(H,16,17)(H,18,19). The largest absolute Gasteiger partial charge is 0.478 e. The molecular weight excluding hydrogens is 357 g/mol. The number of rotatable bonds is 3. The van der Waals surface area contributed by atoms with Crippen LogP contribution in [0.3, 0.4) is 0 Å². The van der Waals surface area contributed by atoms with E-state index in [4.69, 9.17) is 5.11 Å². The van der Waals surface area contributed by atoms with Crippen LogP contribution in [-0.2, 0) is 0 Å². The van der Waals surface area contributed by atoms with Crippen molar-refractivity contribution in [3.05, 3.63) is 63.2 Å². The van der Waals surface area contributed by atoms with E-state index in [2.05, 4.69) is 27.9 Å². The van der Waals surface area contributed by atoms with Crippen molar-refractivity contribution in [2.45, 2.75) is 0 Å². The predicted octanol–water partition coefficient (Wildman–Crippen LogP) is 3.24. The van der Waals surface area contributed by atoms with Crippen LogP contribution in [0.25, 0.3) is 0 Å². The van der Waals surface area contributed by atoms with Gasteiger partial charge in [-0.25, -0.2) is 4.79 Å². The SMILES string of the molecule is O=C(O)c1ccc(NC(=O)c2ccccc2I)cc1. The molecule has 19 heavy (non-hydrogen) atoms. The molecule has 2 aromatic carbocycles. The Morgan fingerprint density at radius 3 is 2.21 bits per heavy atom. The van der Waals surface area contributed by atoms with E-state index >= 15 is 0 Å². The summed E-state index contributed by atoms with van der Waals surface area (Å²) in [5.74, 6) is -1.21. The summed E-state index contributed by atoms with van der Waals surface area (Å²) in [5.41, 5.74) is 1.34. The Bertz CT molecular complexity index is 623. The molecule has 0 bridgehead atoms. The molecule has 0 saturated heterocycles. The molecule has 0 heterocycles. The van der Waals surface area contributed by atoms with Gasteiger partial charge in [0.1, 0.15) is 0 Å². The minimum absolute atomic E-state index is 0.187. The number of hydrogen-bond donors (Lipinski definition) is 2. The van der Waals surface area contributed by atoms with Crippen molar-refractivity contribution in [1.29, 1.82) is 0 Å². The van der Waals surface area contributed by atoms with E-state index in [1.54, 1.807) is 24.3 Å². The molecule has 0 aliphatic heterocycles. The van der Waals surface area contributed by atoms with Crippen molar-refractivity contribution < 1.29 is 14.7 Å². The summed E-state index contributed by atoms with van der Waals surface area (Å²) in [6, 6.07) is 13.3. The van der Waals surface area contributed by atoms with E-state index in [0.29, 0.717) is 11.3 Å². The van der Waals surface area contributed by atoms with Crippen molar-refractivity contribution in [1.82, 2.24) is 0 Å². The summed E-state index contributed by atoms with van der Waals surface area (Å²) < 4.78 is 0.861. The fourth-order valence-electron chi connectivity index (χ4n) is 1.54. The molecule has 0 fully saturated rings. The molecule has 0 unspecified atom stereocenters. The van der Waals surface area contributed by atoms with Crippen LogP contribution in [0.4, 0.5) is 5.69 Å². The predicted molar refractivity (Wildman–Crippen MR) is 80.5 cm³/mol. The third kappa shape index (κ3) is 3.31. The Kier molecular flexibility index (Phi) is 4.16. The zero-order chi connectivity index (χ0) is 13.8. The molecule has 0 aromatic heterocycles. The zero-order valence-corrected chi connectivity index (χ0v) is 11.9. The summed E-state index contributed by atoms with van der Waals surface area (Å²) in [4.78, 5) is 22.7. The average Bonchev–Trinajstić information content (AvgIpc) is 2.39. The third-order valence-electron chi connectivity index (χ3n) is 2.51. The molecule has 96 valence electrons. The Morgan fingerprint density at radius 2 is 1.63 bits per heavy atom. The van der Waals surface area contributed by atoms with Gasteiger partial charge in [0.25, 0.3) is 5.91 Å². The van der Waals surface area contributed by atoms with E-state index in [9.17, 15) is 9.59 Å². The molecular formula is C14H10INO3. The van der Waals surface area contributed by atoms with Crippen LogP contribution in [0.2, 0.25) is 0 Å². The van der Waals surface area contributed by atoms with Crippen LogP contribution >= 0.6 is 22.6 Å². The number of halogens is 1. The highest BCUT2D eigenvalue weighted by Crippen LogP contribution is 2.15. The maximum absolute atomic E-state index is 12.0. The van der Waals surface area contributed by atoms with Crippen LogP contribution in [-0.4, -0.2) is 17.0 Å². The molecule has 0 saturated carbocycles. The number of carboxylic acids is 1. The summed E-state index contributed by atoms with van der Waals surface area (Å²) in [7, 11) is 0. The highest BCUT2D eigenvalue weighted by molar-refractivity contribution is 14.1. The topological polar surface area (TPSA) is 66.4 Å². The van der Waals surface area contributed by atoms with E-state index in [0.717, 1.165) is 3.57 Å². The third-order valence-corrected chi connectivity index (χ3v) is 3.45. The highest BCUT2D eigenvalue weighted by atomic mass is 127. The molecule has 0 radical (unpaired) electrons. The Labute approximate surface area is 123 Å². The lowest BCUT2D eigenvalue weighted by Gasteiger charge is -2.07. The lowest BCUT2D eigenvalue weighted by Crippen LogP contribution is -2.13. The van der Waals surface area contributed by atoms with Crippen molar-refractivity contribution in [2.24, 2.45) is 0 Å². The van der Waals surface area contributed by atoms with E-state index in [-0.39, 0.29) is 11.5 Å². The first-order valence-corrected chi connectivity index (χ1v) is 6.55. The highest BCUT2D eigenvalue weighted by Gasteiger charge is 2.09. The minimum Gasteiger partial charge on any atom is -0.478 e. The van der Waals surface area contributed by atoms with Gasteiger partial charge in [-0.3, -0.25) is 4.79 Å². The molecule has 0 spiro atoms. The van der Waals surface area contributed by atoms with Gasteiger partial charge >= 0.3 is 5.97 Å². The molecule has 2 rings (SSSR count). The fraction of sp³-hybridized carbons (Fsp3) is 0. The zero-order valence-electron chi connectivity index (χ0n) is 9.76. The number of nitrogens with one attached hydrogen (secondary N) is 1. The van der Waals surface area contributed by atoms with E-state index in [1.165, 1.54) is 12.1 Å². The number of anilines is 1. The second kappa shape index (κ2) is 5.83. The maximum Gasteiger partial charge on any atom is 0.335 e. The maximum atomic E-state index is 12.0. The molecule has 2 aromatic rings. The summed E-state index contributed by atoms with van der Waals surface area (Å²) in [6.45, 7) is 0. The Balaban J connectivity index is 2.15. The lowest BCUT2D eigenvalue weighted by molar-refractivity contribution is 0.0696. The minimum atomic E-state index is -0.990. The van der Waals surface area contributed by atoms with E-state index in [1.807, 2.05) is 12.1 Å². The van der Waals surface area contributed by atoms with Crippen LogP contribution in [0.1, 0.15) is 20.7 Å². The number of benzene rings is 2. The van der Waals surface area contributed by atoms with Crippen LogP contribution in [0.15, 0.2) is 48.5 Å². The van der Waals surface area contributed by atoms with Gasteiger partial charge in [-0.2, -0.15) is 0 Å². The van der Waals surface area contributed by atoms with Gasteiger partial charge in [-0.05, 0) is 59.0 Å². The molecule has 0 atom stereocenters. The molecule has 1 amide bonds. The van der Waals surface area contributed by atoms with Crippen LogP contribution in [0, 0.1) is 3.57 Å². The van der Waals surface area contributed by atoms with Gasteiger partial charge in [0.05, 0.1) is 11.1 Å².